The van der Waals surface area contributed by atoms with Gasteiger partial charge in [-0.25, -0.2) is 0 Å². The van der Waals surface area contributed by atoms with Crippen LogP contribution < -0.4 is 5.32 Å². The predicted molar refractivity (Wildman–Crippen MR) is 63.1 cm³/mol. The quantitative estimate of drug-likeness (QED) is 0.839. The van der Waals surface area contributed by atoms with E-state index in [-0.39, 0.29) is 12.6 Å². The number of aliphatic hydroxyl groups is 1. The van der Waals surface area contributed by atoms with Crippen molar-refractivity contribution in [3.8, 4) is 0 Å². The molecule has 0 fully saturated rings. The smallest absolute Gasteiger partial charge is 0.0627 e. The molecule has 1 rings (SSSR count). The van der Waals surface area contributed by atoms with Crippen LogP contribution in [0.4, 0.5) is 0 Å². The molecule has 0 aliphatic rings. The van der Waals surface area contributed by atoms with E-state index in [1.807, 2.05) is 18.2 Å². The van der Waals surface area contributed by atoms with Crippen molar-refractivity contribution < 1.29 is 5.11 Å². The number of halogens is 2. The topological polar surface area (TPSA) is 32.3 Å². The van der Waals surface area contributed by atoms with E-state index in [2.05, 4.69) is 27.9 Å². The van der Waals surface area contributed by atoms with E-state index in [1.54, 1.807) is 7.05 Å². The maximum atomic E-state index is 9.10. The Morgan fingerprint density at radius 1 is 1.62 bits per heavy atom. The lowest BCUT2D eigenvalue weighted by atomic mass is 10.1. The Kier molecular flexibility index (Phi) is 4.45. The van der Waals surface area contributed by atoms with E-state index in [1.165, 1.54) is 0 Å². The standard InChI is InChI=1S/C9H11ClINO/c1-12-8(5-13)9-6(10)3-2-4-7(9)11/h2-4,8,12-13H,5H2,1H3. The number of likely N-dealkylation sites (N-methyl/N-ethyl adjacent to an activating group) is 1. The van der Waals surface area contributed by atoms with Crippen molar-refractivity contribution in [2.24, 2.45) is 0 Å². The van der Waals surface area contributed by atoms with Gasteiger partial charge < -0.3 is 10.4 Å². The Balaban J connectivity index is 3.10. The van der Waals surface area contributed by atoms with Crippen LogP contribution in [0.15, 0.2) is 18.2 Å². The predicted octanol–water partition coefficient (Wildman–Crippen LogP) is 2.20. The fourth-order valence-electron chi connectivity index (χ4n) is 1.17. The molecule has 0 aromatic heterocycles. The molecular weight excluding hydrogens is 300 g/mol. The molecule has 4 heteroatoms. The van der Waals surface area contributed by atoms with Crippen LogP contribution in [-0.4, -0.2) is 18.8 Å². The third-order valence-electron chi connectivity index (χ3n) is 1.88. The summed E-state index contributed by atoms with van der Waals surface area (Å²) in [5.74, 6) is 0. The van der Waals surface area contributed by atoms with Gasteiger partial charge in [-0.3, -0.25) is 0 Å². The number of nitrogens with one attached hydrogen (secondary N) is 1. The van der Waals surface area contributed by atoms with Gasteiger partial charge in [0.2, 0.25) is 0 Å². The van der Waals surface area contributed by atoms with E-state index in [9.17, 15) is 0 Å². The first kappa shape index (κ1) is 11.2. The average molecular weight is 312 g/mol. The van der Waals surface area contributed by atoms with Crippen LogP contribution in [0.2, 0.25) is 5.02 Å². The molecule has 1 unspecified atom stereocenters. The molecule has 2 N–H and O–H groups in total. The SMILES string of the molecule is CNC(CO)c1c(Cl)cccc1I. The highest BCUT2D eigenvalue weighted by Crippen LogP contribution is 2.27. The minimum atomic E-state index is -0.0828. The molecule has 0 bridgehead atoms. The van der Waals surface area contributed by atoms with Crippen LogP contribution in [0.1, 0.15) is 11.6 Å². The van der Waals surface area contributed by atoms with Gasteiger partial charge in [-0.2, -0.15) is 0 Å². The van der Waals surface area contributed by atoms with E-state index in [4.69, 9.17) is 16.7 Å². The van der Waals surface area contributed by atoms with Crippen molar-refractivity contribution in [3.05, 3.63) is 32.4 Å². The van der Waals surface area contributed by atoms with Crippen molar-refractivity contribution in [2.75, 3.05) is 13.7 Å². The summed E-state index contributed by atoms with van der Waals surface area (Å²) < 4.78 is 1.07. The fourth-order valence-corrected chi connectivity index (χ4v) is 2.51. The van der Waals surface area contributed by atoms with Crippen LogP contribution in [0, 0.1) is 3.57 Å². The zero-order valence-corrected chi connectivity index (χ0v) is 10.1. The van der Waals surface area contributed by atoms with Gasteiger partial charge in [0.1, 0.15) is 0 Å². The first-order valence-electron chi connectivity index (χ1n) is 3.92. The molecule has 0 amide bonds. The normalized spacial score (nSPS) is 12.9. The number of hydrogen-bond acceptors (Lipinski definition) is 2. The first-order valence-corrected chi connectivity index (χ1v) is 5.38. The molecule has 1 aromatic rings. The summed E-state index contributed by atoms with van der Waals surface area (Å²) in [7, 11) is 1.81. The van der Waals surface area contributed by atoms with E-state index in [0.717, 1.165) is 9.13 Å². The molecule has 1 aromatic carbocycles. The third-order valence-corrected chi connectivity index (χ3v) is 3.15. The first-order chi connectivity index (χ1) is 6.20. The van der Waals surface area contributed by atoms with E-state index >= 15 is 0 Å². The summed E-state index contributed by atoms with van der Waals surface area (Å²) in [6.45, 7) is 0.0518. The lowest BCUT2D eigenvalue weighted by Gasteiger charge is -2.16. The Labute approximate surface area is 96.4 Å². The van der Waals surface area contributed by atoms with Gasteiger partial charge in [0.25, 0.3) is 0 Å². The minimum Gasteiger partial charge on any atom is -0.394 e. The van der Waals surface area contributed by atoms with Crippen molar-refractivity contribution in [2.45, 2.75) is 6.04 Å². The summed E-state index contributed by atoms with van der Waals surface area (Å²) in [6.07, 6.45) is 0. The molecule has 0 saturated carbocycles. The third kappa shape index (κ3) is 2.56. The second-order valence-electron chi connectivity index (χ2n) is 2.66. The van der Waals surface area contributed by atoms with Gasteiger partial charge in [0.15, 0.2) is 0 Å². The zero-order chi connectivity index (χ0) is 9.84. The molecule has 1 atom stereocenters. The molecule has 0 aliphatic heterocycles. The summed E-state index contributed by atoms with van der Waals surface area (Å²) in [5.41, 5.74) is 0.967. The van der Waals surface area contributed by atoms with Crippen molar-refractivity contribution in [1.29, 1.82) is 0 Å². The molecular formula is C9H11ClINO. The second-order valence-corrected chi connectivity index (χ2v) is 4.23. The zero-order valence-electron chi connectivity index (χ0n) is 7.22. The minimum absolute atomic E-state index is 0.0518. The van der Waals surface area contributed by atoms with Gasteiger partial charge >= 0.3 is 0 Å². The molecule has 2 nitrogen and oxygen atoms in total. The van der Waals surface area contributed by atoms with Crippen LogP contribution >= 0.6 is 34.2 Å². The Morgan fingerprint density at radius 3 is 2.77 bits per heavy atom. The number of benzene rings is 1. The van der Waals surface area contributed by atoms with Crippen molar-refractivity contribution >= 4 is 34.2 Å². The number of rotatable bonds is 3. The molecule has 72 valence electrons. The highest BCUT2D eigenvalue weighted by atomic mass is 127. The number of hydrogen-bond donors (Lipinski definition) is 2. The Morgan fingerprint density at radius 2 is 2.31 bits per heavy atom. The summed E-state index contributed by atoms with van der Waals surface area (Å²) in [6, 6.07) is 5.62. The van der Waals surface area contributed by atoms with Gasteiger partial charge in [0, 0.05) is 14.2 Å². The molecule has 0 saturated heterocycles. The van der Waals surface area contributed by atoms with E-state index in [0.29, 0.717) is 5.02 Å². The van der Waals surface area contributed by atoms with Crippen LogP contribution in [0.25, 0.3) is 0 Å². The van der Waals surface area contributed by atoms with Crippen LogP contribution in [0.5, 0.6) is 0 Å². The highest BCUT2D eigenvalue weighted by Gasteiger charge is 2.14. The van der Waals surface area contributed by atoms with Crippen molar-refractivity contribution in [3.63, 3.8) is 0 Å². The fraction of sp³-hybridized carbons (Fsp3) is 0.333. The van der Waals surface area contributed by atoms with Crippen LogP contribution in [0.3, 0.4) is 0 Å². The Hall–Kier alpha value is 0.160. The van der Waals surface area contributed by atoms with Gasteiger partial charge in [-0.15, -0.1) is 0 Å². The summed E-state index contributed by atoms with van der Waals surface area (Å²) in [4.78, 5) is 0. The second kappa shape index (κ2) is 5.14. The molecule has 13 heavy (non-hydrogen) atoms. The maximum absolute atomic E-state index is 9.10. The van der Waals surface area contributed by atoms with E-state index < -0.39 is 0 Å². The van der Waals surface area contributed by atoms with Gasteiger partial charge in [0.05, 0.1) is 12.6 Å². The number of aliphatic hydroxyl groups excluding tert-OH is 1. The maximum Gasteiger partial charge on any atom is 0.0627 e. The molecule has 0 heterocycles. The summed E-state index contributed by atoms with van der Waals surface area (Å²) in [5, 5.41) is 12.8. The van der Waals surface area contributed by atoms with Crippen LogP contribution in [-0.2, 0) is 0 Å². The molecule has 0 aliphatic carbocycles. The molecule has 0 radical (unpaired) electrons. The Bertz CT molecular complexity index is 269. The average Bonchev–Trinajstić information content (AvgIpc) is 2.11. The van der Waals surface area contributed by atoms with Gasteiger partial charge in [-0.05, 0) is 41.8 Å². The monoisotopic (exact) mass is 311 g/mol. The van der Waals surface area contributed by atoms with Crippen molar-refractivity contribution in [1.82, 2.24) is 5.32 Å². The largest absolute Gasteiger partial charge is 0.394 e. The lowest BCUT2D eigenvalue weighted by molar-refractivity contribution is 0.250. The summed E-state index contributed by atoms with van der Waals surface area (Å²) >= 11 is 8.24. The lowest BCUT2D eigenvalue weighted by Crippen LogP contribution is -2.21. The highest BCUT2D eigenvalue weighted by molar-refractivity contribution is 14.1. The van der Waals surface area contributed by atoms with Gasteiger partial charge in [-0.1, -0.05) is 17.7 Å². The molecule has 0 spiro atoms.